The molecule has 1 aliphatic heterocycles. The van der Waals surface area contributed by atoms with Gasteiger partial charge in [-0.15, -0.1) is 0 Å². The quantitative estimate of drug-likeness (QED) is 0.639. The zero-order chi connectivity index (χ0) is 10.0. The molecule has 1 heterocycles. The summed E-state index contributed by atoms with van der Waals surface area (Å²) in [4.78, 5) is 2.64. The molecule has 0 radical (unpaired) electrons. The van der Waals surface area contributed by atoms with Crippen LogP contribution in [0.2, 0.25) is 0 Å². The van der Waals surface area contributed by atoms with E-state index in [1.165, 1.54) is 25.7 Å². The molecule has 2 aliphatic rings. The van der Waals surface area contributed by atoms with E-state index in [2.05, 4.69) is 18.7 Å². The Balaban J connectivity index is 1.82. The van der Waals surface area contributed by atoms with Crippen molar-refractivity contribution in [1.29, 1.82) is 0 Å². The number of morpholine rings is 1. The van der Waals surface area contributed by atoms with Crippen molar-refractivity contribution in [2.75, 3.05) is 26.3 Å². The van der Waals surface area contributed by atoms with E-state index in [4.69, 9.17) is 4.74 Å². The minimum Gasteiger partial charge on any atom is -0.379 e. The molecule has 1 saturated heterocycles. The van der Waals surface area contributed by atoms with Gasteiger partial charge in [-0.05, 0) is 31.1 Å². The summed E-state index contributed by atoms with van der Waals surface area (Å²) in [6.45, 7) is 9.01. The predicted octanol–water partition coefficient (Wildman–Crippen LogP) is 2.29. The van der Waals surface area contributed by atoms with Crippen LogP contribution in [0.25, 0.3) is 0 Å². The Labute approximate surface area is 87.6 Å². The highest BCUT2D eigenvalue weighted by Crippen LogP contribution is 2.36. The highest BCUT2D eigenvalue weighted by atomic mass is 16.5. The van der Waals surface area contributed by atoms with Crippen LogP contribution in [0.3, 0.4) is 0 Å². The maximum absolute atomic E-state index is 5.39. The number of hydrogen-bond acceptors (Lipinski definition) is 2. The van der Waals surface area contributed by atoms with Crippen LogP contribution in [-0.2, 0) is 4.74 Å². The zero-order valence-corrected chi connectivity index (χ0v) is 9.59. The van der Waals surface area contributed by atoms with E-state index >= 15 is 0 Å². The molecular formula is C12H23NO. The van der Waals surface area contributed by atoms with Gasteiger partial charge in [0.2, 0.25) is 0 Å². The molecular weight excluding hydrogens is 174 g/mol. The number of nitrogens with zero attached hydrogens (tertiary/aromatic N) is 1. The Bertz CT molecular complexity index is 175. The number of hydrogen-bond donors (Lipinski definition) is 0. The Hall–Kier alpha value is -0.0800. The van der Waals surface area contributed by atoms with Crippen molar-refractivity contribution in [3.63, 3.8) is 0 Å². The summed E-state index contributed by atoms with van der Waals surface area (Å²) in [5.41, 5.74) is 0.600. The fourth-order valence-corrected chi connectivity index (χ4v) is 2.69. The highest BCUT2D eigenvalue weighted by Gasteiger charge is 2.30. The molecule has 14 heavy (non-hydrogen) atoms. The molecule has 0 unspecified atom stereocenters. The second kappa shape index (κ2) is 4.19. The van der Waals surface area contributed by atoms with E-state index in [0.717, 1.165) is 32.3 Å². The largest absolute Gasteiger partial charge is 0.379 e. The van der Waals surface area contributed by atoms with Gasteiger partial charge in [-0.2, -0.15) is 0 Å². The maximum Gasteiger partial charge on any atom is 0.0594 e. The summed E-state index contributed by atoms with van der Waals surface area (Å²) in [6, 6.07) is 0.854. The van der Waals surface area contributed by atoms with Crippen molar-refractivity contribution < 1.29 is 4.74 Å². The molecule has 0 bridgehead atoms. The second-order valence-corrected chi connectivity index (χ2v) is 5.54. The van der Waals surface area contributed by atoms with Crippen LogP contribution in [0, 0.1) is 5.41 Å². The van der Waals surface area contributed by atoms with Crippen LogP contribution in [0.5, 0.6) is 0 Å². The number of rotatable bonds is 1. The maximum atomic E-state index is 5.39. The lowest BCUT2D eigenvalue weighted by atomic mass is 9.75. The van der Waals surface area contributed by atoms with Crippen LogP contribution >= 0.6 is 0 Å². The lowest BCUT2D eigenvalue weighted by Crippen LogP contribution is -2.45. The van der Waals surface area contributed by atoms with Crippen LogP contribution < -0.4 is 0 Å². The van der Waals surface area contributed by atoms with E-state index in [9.17, 15) is 0 Å². The third-order valence-electron chi connectivity index (χ3n) is 3.87. The van der Waals surface area contributed by atoms with Gasteiger partial charge >= 0.3 is 0 Å². The molecule has 0 spiro atoms. The van der Waals surface area contributed by atoms with Gasteiger partial charge in [-0.3, -0.25) is 4.90 Å². The molecule has 2 nitrogen and oxygen atoms in total. The summed E-state index contributed by atoms with van der Waals surface area (Å²) in [7, 11) is 0. The van der Waals surface area contributed by atoms with Crippen molar-refractivity contribution in [3.05, 3.63) is 0 Å². The minimum atomic E-state index is 0.600. The Morgan fingerprint density at radius 2 is 1.64 bits per heavy atom. The van der Waals surface area contributed by atoms with Crippen molar-refractivity contribution in [2.24, 2.45) is 5.41 Å². The molecule has 2 fully saturated rings. The normalized spacial score (nSPS) is 30.4. The van der Waals surface area contributed by atoms with Gasteiger partial charge in [0.25, 0.3) is 0 Å². The summed E-state index contributed by atoms with van der Waals surface area (Å²) in [6.07, 6.45) is 5.59. The minimum absolute atomic E-state index is 0.600. The van der Waals surface area contributed by atoms with Crippen LogP contribution in [-0.4, -0.2) is 37.2 Å². The smallest absolute Gasteiger partial charge is 0.0594 e. The summed E-state index contributed by atoms with van der Waals surface area (Å²) >= 11 is 0. The molecule has 1 aliphatic carbocycles. The SMILES string of the molecule is CC1(C)CCC(N2CCOCC2)CC1. The van der Waals surface area contributed by atoms with Crippen molar-refractivity contribution in [2.45, 2.75) is 45.6 Å². The van der Waals surface area contributed by atoms with Gasteiger partial charge in [0.15, 0.2) is 0 Å². The molecule has 0 aromatic carbocycles. The molecule has 0 atom stereocenters. The van der Waals surface area contributed by atoms with Crippen LogP contribution in [0.4, 0.5) is 0 Å². The molecule has 0 N–H and O–H groups in total. The summed E-state index contributed by atoms with van der Waals surface area (Å²) in [5, 5.41) is 0. The Kier molecular flexibility index (Phi) is 3.13. The average Bonchev–Trinajstić information content (AvgIpc) is 2.19. The fourth-order valence-electron chi connectivity index (χ4n) is 2.69. The van der Waals surface area contributed by atoms with E-state index in [1.807, 2.05) is 0 Å². The van der Waals surface area contributed by atoms with Crippen molar-refractivity contribution in [1.82, 2.24) is 4.90 Å². The van der Waals surface area contributed by atoms with Gasteiger partial charge in [-0.25, -0.2) is 0 Å². The summed E-state index contributed by atoms with van der Waals surface area (Å²) < 4.78 is 5.39. The third-order valence-corrected chi connectivity index (χ3v) is 3.87. The number of ether oxygens (including phenoxy) is 1. The lowest BCUT2D eigenvalue weighted by Gasteiger charge is -2.41. The molecule has 0 amide bonds. The summed E-state index contributed by atoms with van der Waals surface area (Å²) in [5.74, 6) is 0. The van der Waals surface area contributed by atoms with E-state index in [-0.39, 0.29) is 0 Å². The first-order valence-electron chi connectivity index (χ1n) is 5.99. The Morgan fingerprint density at radius 3 is 2.21 bits per heavy atom. The topological polar surface area (TPSA) is 12.5 Å². The molecule has 2 heteroatoms. The second-order valence-electron chi connectivity index (χ2n) is 5.54. The standard InChI is InChI=1S/C12H23NO/c1-12(2)5-3-11(4-6-12)13-7-9-14-10-8-13/h11H,3-10H2,1-2H3. The first kappa shape index (κ1) is 10.4. The van der Waals surface area contributed by atoms with E-state index < -0.39 is 0 Å². The van der Waals surface area contributed by atoms with Crippen LogP contribution in [0.1, 0.15) is 39.5 Å². The third kappa shape index (κ3) is 2.48. The monoisotopic (exact) mass is 197 g/mol. The fraction of sp³-hybridized carbons (Fsp3) is 1.00. The van der Waals surface area contributed by atoms with Crippen LogP contribution in [0.15, 0.2) is 0 Å². The van der Waals surface area contributed by atoms with Gasteiger partial charge in [-0.1, -0.05) is 13.8 Å². The molecule has 0 aromatic heterocycles. The van der Waals surface area contributed by atoms with Gasteiger partial charge < -0.3 is 4.74 Å². The van der Waals surface area contributed by atoms with Gasteiger partial charge in [0.1, 0.15) is 0 Å². The Morgan fingerprint density at radius 1 is 1.07 bits per heavy atom. The van der Waals surface area contributed by atoms with E-state index in [0.29, 0.717) is 5.41 Å². The first-order valence-corrected chi connectivity index (χ1v) is 5.99. The average molecular weight is 197 g/mol. The molecule has 82 valence electrons. The first-order chi connectivity index (χ1) is 6.67. The van der Waals surface area contributed by atoms with Gasteiger partial charge in [0.05, 0.1) is 13.2 Å². The van der Waals surface area contributed by atoms with Gasteiger partial charge in [0, 0.05) is 19.1 Å². The predicted molar refractivity (Wildman–Crippen MR) is 58.4 cm³/mol. The molecule has 0 aromatic rings. The van der Waals surface area contributed by atoms with E-state index in [1.54, 1.807) is 0 Å². The highest BCUT2D eigenvalue weighted by molar-refractivity contribution is 4.84. The lowest BCUT2D eigenvalue weighted by molar-refractivity contribution is -0.000415. The van der Waals surface area contributed by atoms with Crippen molar-refractivity contribution in [3.8, 4) is 0 Å². The zero-order valence-electron chi connectivity index (χ0n) is 9.59. The molecule has 2 rings (SSSR count). The van der Waals surface area contributed by atoms with Crippen molar-refractivity contribution >= 4 is 0 Å². The molecule has 1 saturated carbocycles.